The van der Waals surface area contributed by atoms with Crippen LogP contribution in [-0.2, 0) is 0 Å². The van der Waals surface area contributed by atoms with Crippen molar-refractivity contribution in [2.24, 2.45) is 0 Å². The minimum absolute atomic E-state index is 0.0145. The van der Waals surface area contributed by atoms with Crippen molar-refractivity contribution in [1.29, 1.82) is 0 Å². The van der Waals surface area contributed by atoms with Crippen molar-refractivity contribution in [2.75, 3.05) is 14.1 Å². The van der Waals surface area contributed by atoms with Gasteiger partial charge in [-0.05, 0) is 69.5 Å². The Morgan fingerprint density at radius 3 is 0.882 bits per heavy atom. The number of rotatable bonds is 6. The molecule has 3 nitrogen and oxygen atoms in total. The largest absolute Gasteiger partial charge is 0.313 e. The van der Waals surface area contributed by atoms with E-state index < -0.39 is 0 Å². The smallest absolute Gasteiger partial charge is 0.0306 e. The van der Waals surface area contributed by atoms with Crippen LogP contribution in [0.15, 0.2) is 0 Å². The van der Waals surface area contributed by atoms with Crippen LogP contribution in [0.25, 0.3) is 0 Å². The van der Waals surface area contributed by atoms with Crippen molar-refractivity contribution in [3.8, 4) is 0 Å². The Kier molecular flexibility index (Phi) is 4.83. The van der Waals surface area contributed by atoms with E-state index in [1.54, 1.807) is 0 Å². The van der Waals surface area contributed by atoms with Gasteiger partial charge in [-0.2, -0.15) is 0 Å². The zero-order valence-corrected chi connectivity index (χ0v) is 13.5. The fourth-order valence-electron chi connectivity index (χ4n) is 1.72. The molecule has 0 aliphatic rings. The zero-order valence-electron chi connectivity index (χ0n) is 13.5. The van der Waals surface area contributed by atoms with Gasteiger partial charge in [0.1, 0.15) is 0 Å². The second-order valence-corrected chi connectivity index (χ2v) is 7.12. The second kappa shape index (κ2) is 4.87. The maximum atomic E-state index is 3.79. The van der Waals surface area contributed by atoms with Crippen LogP contribution in [0.5, 0.6) is 0 Å². The first kappa shape index (κ1) is 16.9. The van der Waals surface area contributed by atoms with Gasteiger partial charge in [0.15, 0.2) is 0 Å². The molecule has 3 N–H and O–H groups in total. The molecule has 0 amide bonds. The number of nitrogens with one attached hydrogen (secondary N) is 3. The molecule has 0 radical (unpaired) electrons. The fraction of sp³-hybridized carbons (Fsp3) is 1.00. The van der Waals surface area contributed by atoms with E-state index in [4.69, 9.17) is 0 Å². The summed E-state index contributed by atoms with van der Waals surface area (Å²) >= 11 is 0. The van der Waals surface area contributed by atoms with E-state index in [2.05, 4.69) is 71.3 Å². The lowest BCUT2D eigenvalue weighted by Gasteiger charge is -2.52. The Morgan fingerprint density at radius 1 is 0.471 bits per heavy atom. The van der Waals surface area contributed by atoms with Crippen molar-refractivity contribution >= 4 is 0 Å². The third kappa shape index (κ3) is 3.43. The minimum Gasteiger partial charge on any atom is -0.313 e. The van der Waals surface area contributed by atoms with Crippen LogP contribution in [0.3, 0.4) is 0 Å². The summed E-state index contributed by atoms with van der Waals surface area (Å²) in [5, 5.41) is 10.6. The van der Waals surface area contributed by atoms with E-state index in [1.165, 1.54) is 0 Å². The van der Waals surface area contributed by atoms with Gasteiger partial charge in [-0.15, -0.1) is 0 Å². The van der Waals surface area contributed by atoms with Crippen LogP contribution in [0.2, 0.25) is 0 Å². The standard InChI is InChI=1S/C14H33N3/c1-11(2,15-9)13(5,6)17-14(7,8)12(3,4)16-10/h15-17H,1-10H3. The van der Waals surface area contributed by atoms with Crippen molar-refractivity contribution in [1.82, 2.24) is 16.0 Å². The van der Waals surface area contributed by atoms with Crippen molar-refractivity contribution in [3.05, 3.63) is 0 Å². The first-order valence-corrected chi connectivity index (χ1v) is 6.50. The second-order valence-electron chi connectivity index (χ2n) is 7.12. The third-order valence-corrected chi connectivity index (χ3v) is 5.00. The summed E-state index contributed by atoms with van der Waals surface area (Å²) in [7, 11) is 4.03. The highest BCUT2D eigenvalue weighted by molar-refractivity contribution is 5.08. The van der Waals surface area contributed by atoms with Crippen LogP contribution in [-0.4, -0.2) is 36.3 Å². The average Bonchev–Trinajstić information content (AvgIpc) is 2.15. The maximum Gasteiger partial charge on any atom is 0.0306 e. The molecule has 0 heterocycles. The minimum atomic E-state index is -0.0145. The molecular weight excluding hydrogens is 210 g/mol. The zero-order chi connectivity index (χ0) is 14.1. The highest BCUT2D eigenvalue weighted by Gasteiger charge is 2.44. The summed E-state index contributed by atoms with van der Waals surface area (Å²) < 4.78 is 0. The van der Waals surface area contributed by atoms with Gasteiger partial charge in [0.05, 0.1) is 0 Å². The van der Waals surface area contributed by atoms with E-state index in [-0.39, 0.29) is 22.2 Å². The molecule has 0 aliphatic heterocycles. The molecule has 0 fully saturated rings. The van der Waals surface area contributed by atoms with Gasteiger partial charge in [0, 0.05) is 22.2 Å². The summed E-state index contributed by atoms with van der Waals surface area (Å²) in [4.78, 5) is 0. The summed E-state index contributed by atoms with van der Waals surface area (Å²) in [5.74, 6) is 0. The van der Waals surface area contributed by atoms with Crippen LogP contribution >= 0.6 is 0 Å². The SMILES string of the molecule is CNC(C)(C)C(C)(C)NC(C)(C)C(C)(C)NC. The Labute approximate surface area is 108 Å². The highest BCUT2D eigenvalue weighted by Crippen LogP contribution is 2.28. The first-order chi connectivity index (χ1) is 7.33. The van der Waals surface area contributed by atoms with Gasteiger partial charge < -0.3 is 16.0 Å². The van der Waals surface area contributed by atoms with E-state index in [9.17, 15) is 0 Å². The molecule has 0 aromatic heterocycles. The number of hydrogen-bond acceptors (Lipinski definition) is 3. The summed E-state index contributed by atoms with van der Waals surface area (Å²) in [6.45, 7) is 17.9. The number of hydrogen-bond donors (Lipinski definition) is 3. The molecule has 0 saturated carbocycles. The maximum absolute atomic E-state index is 3.79. The highest BCUT2D eigenvalue weighted by atomic mass is 15.2. The molecule has 0 aromatic rings. The number of likely N-dealkylation sites (N-methyl/N-ethyl adjacent to an activating group) is 2. The van der Waals surface area contributed by atoms with Gasteiger partial charge in [0.2, 0.25) is 0 Å². The lowest BCUT2D eigenvalue weighted by Crippen LogP contribution is -2.72. The topological polar surface area (TPSA) is 36.1 Å². The van der Waals surface area contributed by atoms with Gasteiger partial charge in [-0.1, -0.05) is 0 Å². The molecule has 0 aliphatic carbocycles. The summed E-state index contributed by atoms with van der Waals surface area (Å²) in [6, 6.07) is 0. The quantitative estimate of drug-likeness (QED) is 0.669. The molecule has 0 bridgehead atoms. The van der Waals surface area contributed by atoms with Gasteiger partial charge >= 0.3 is 0 Å². The third-order valence-electron chi connectivity index (χ3n) is 5.00. The molecule has 0 saturated heterocycles. The Bertz CT molecular complexity index is 226. The molecule has 3 heteroatoms. The Balaban J connectivity index is 5.07. The van der Waals surface area contributed by atoms with E-state index >= 15 is 0 Å². The predicted molar refractivity (Wildman–Crippen MR) is 77.6 cm³/mol. The van der Waals surface area contributed by atoms with Crippen LogP contribution in [0, 0.1) is 0 Å². The van der Waals surface area contributed by atoms with Crippen LogP contribution < -0.4 is 16.0 Å². The Hall–Kier alpha value is -0.120. The molecule has 0 rings (SSSR count). The van der Waals surface area contributed by atoms with Gasteiger partial charge in [-0.25, -0.2) is 0 Å². The summed E-state index contributed by atoms with van der Waals surface area (Å²) in [6.07, 6.45) is 0. The molecule has 0 atom stereocenters. The normalized spacial score (nSPS) is 15.2. The van der Waals surface area contributed by atoms with E-state index in [0.29, 0.717) is 0 Å². The van der Waals surface area contributed by atoms with Gasteiger partial charge in [-0.3, -0.25) is 0 Å². The monoisotopic (exact) mass is 243 g/mol. The van der Waals surface area contributed by atoms with Crippen LogP contribution in [0.4, 0.5) is 0 Å². The van der Waals surface area contributed by atoms with Crippen molar-refractivity contribution < 1.29 is 0 Å². The molecule has 17 heavy (non-hydrogen) atoms. The average molecular weight is 243 g/mol. The molecule has 0 spiro atoms. The van der Waals surface area contributed by atoms with Crippen molar-refractivity contribution in [3.63, 3.8) is 0 Å². The van der Waals surface area contributed by atoms with Gasteiger partial charge in [0.25, 0.3) is 0 Å². The van der Waals surface area contributed by atoms with E-state index in [1.807, 2.05) is 14.1 Å². The molecule has 104 valence electrons. The summed E-state index contributed by atoms with van der Waals surface area (Å²) in [5.41, 5.74) is 0.0148. The molecular formula is C14H33N3. The van der Waals surface area contributed by atoms with Crippen molar-refractivity contribution in [2.45, 2.75) is 77.5 Å². The fourth-order valence-corrected chi connectivity index (χ4v) is 1.72. The Morgan fingerprint density at radius 2 is 0.706 bits per heavy atom. The lowest BCUT2D eigenvalue weighted by atomic mass is 9.75. The molecule has 0 unspecified atom stereocenters. The van der Waals surface area contributed by atoms with E-state index in [0.717, 1.165) is 0 Å². The van der Waals surface area contributed by atoms with Crippen LogP contribution in [0.1, 0.15) is 55.4 Å². The predicted octanol–water partition coefficient (Wildman–Crippen LogP) is 2.13. The molecule has 0 aromatic carbocycles. The lowest BCUT2D eigenvalue weighted by molar-refractivity contribution is 0.104. The first-order valence-electron chi connectivity index (χ1n) is 6.50.